The Morgan fingerprint density at radius 2 is 1.55 bits per heavy atom. The number of rotatable bonds is 2. The smallest absolute Gasteiger partial charge is 0.0672 e. The zero-order valence-electron chi connectivity index (χ0n) is 12.9. The van der Waals surface area contributed by atoms with Gasteiger partial charge in [-0.2, -0.15) is 5.26 Å². The molecule has 3 fully saturated rings. The van der Waals surface area contributed by atoms with Gasteiger partial charge in [0.25, 0.3) is 0 Å². The van der Waals surface area contributed by atoms with Crippen LogP contribution in [0.25, 0.3) is 0 Å². The van der Waals surface area contributed by atoms with Gasteiger partial charge in [0, 0.05) is 38.3 Å². The molecule has 0 aromatic rings. The number of piperazine rings is 1. The summed E-state index contributed by atoms with van der Waals surface area (Å²) in [4.78, 5) is 5.35. The second kappa shape index (κ2) is 6.45. The lowest BCUT2D eigenvalue weighted by Gasteiger charge is -2.45. The molecule has 0 N–H and O–H groups in total. The fraction of sp³-hybridized carbons (Fsp3) is 0.941. The van der Waals surface area contributed by atoms with Gasteiger partial charge >= 0.3 is 0 Å². The van der Waals surface area contributed by atoms with Crippen molar-refractivity contribution in [1.82, 2.24) is 9.80 Å². The highest BCUT2D eigenvalue weighted by molar-refractivity contribution is 4.98. The maximum Gasteiger partial charge on any atom is 0.0672 e. The van der Waals surface area contributed by atoms with Gasteiger partial charge in [-0.15, -0.1) is 0 Å². The molecule has 0 aromatic carbocycles. The minimum absolute atomic E-state index is 0.282. The monoisotopic (exact) mass is 275 g/mol. The lowest BCUT2D eigenvalue weighted by Crippen LogP contribution is -2.55. The van der Waals surface area contributed by atoms with Gasteiger partial charge in [0.2, 0.25) is 0 Å². The van der Waals surface area contributed by atoms with Crippen molar-refractivity contribution in [3.8, 4) is 6.07 Å². The molecule has 3 atom stereocenters. The minimum Gasteiger partial charge on any atom is -0.298 e. The highest BCUT2D eigenvalue weighted by Gasteiger charge is 2.35. The molecule has 0 bridgehead atoms. The Kier molecular flexibility index (Phi) is 4.63. The van der Waals surface area contributed by atoms with E-state index in [2.05, 4.69) is 22.8 Å². The second-order valence-electron chi connectivity index (χ2n) is 7.23. The first kappa shape index (κ1) is 14.4. The summed E-state index contributed by atoms with van der Waals surface area (Å²) in [7, 11) is 0. The van der Waals surface area contributed by atoms with Crippen LogP contribution in [0.5, 0.6) is 0 Å². The van der Waals surface area contributed by atoms with E-state index in [0.717, 1.165) is 18.4 Å². The first-order valence-electron chi connectivity index (χ1n) is 8.65. The van der Waals surface area contributed by atoms with Crippen LogP contribution in [0.1, 0.15) is 51.9 Å². The Balaban J connectivity index is 1.55. The van der Waals surface area contributed by atoms with Crippen LogP contribution in [-0.4, -0.2) is 48.1 Å². The van der Waals surface area contributed by atoms with E-state index in [-0.39, 0.29) is 5.92 Å². The summed E-state index contributed by atoms with van der Waals surface area (Å²) in [5.74, 6) is 1.08. The second-order valence-corrected chi connectivity index (χ2v) is 7.23. The van der Waals surface area contributed by atoms with Gasteiger partial charge in [0.05, 0.1) is 12.0 Å². The third kappa shape index (κ3) is 3.02. The topological polar surface area (TPSA) is 30.3 Å². The highest BCUT2D eigenvalue weighted by atomic mass is 15.3. The van der Waals surface area contributed by atoms with Crippen LogP contribution in [0.3, 0.4) is 0 Å². The molecule has 0 aromatic heterocycles. The Bertz CT molecular complexity index is 348. The third-order valence-corrected chi connectivity index (χ3v) is 5.90. The summed E-state index contributed by atoms with van der Waals surface area (Å²) in [6.45, 7) is 7.19. The number of hydrogen-bond donors (Lipinski definition) is 0. The van der Waals surface area contributed by atoms with Crippen LogP contribution >= 0.6 is 0 Å². The van der Waals surface area contributed by atoms with E-state index in [4.69, 9.17) is 0 Å². The van der Waals surface area contributed by atoms with Gasteiger partial charge in [-0.05, 0) is 38.0 Å². The Morgan fingerprint density at radius 1 is 0.900 bits per heavy atom. The van der Waals surface area contributed by atoms with Crippen molar-refractivity contribution in [3.05, 3.63) is 0 Å². The van der Waals surface area contributed by atoms with Crippen molar-refractivity contribution in [2.45, 2.75) is 64.0 Å². The van der Waals surface area contributed by atoms with Gasteiger partial charge in [-0.1, -0.05) is 19.8 Å². The van der Waals surface area contributed by atoms with Gasteiger partial charge in [0.15, 0.2) is 0 Å². The molecule has 0 spiro atoms. The molecule has 1 heterocycles. The molecule has 3 rings (SSSR count). The number of hydrogen-bond acceptors (Lipinski definition) is 3. The third-order valence-electron chi connectivity index (χ3n) is 5.90. The van der Waals surface area contributed by atoms with Crippen LogP contribution in [-0.2, 0) is 0 Å². The van der Waals surface area contributed by atoms with E-state index in [1.54, 1.807) is 0 Å². The Labute approximate surface area is 123 Å². The van der Waals surface area contributed by atoms with Crippen LogP contribution in [0.15, 0.2) is 0 Å². The van der Waals surface area contributed by atoms with Crippen molar-refractivity contribution in [2.75, 3.05) is 26.2 Å². The molecule has 1 aliphatic heterocycles. The summed E-state index contributed by atoms with van der Waals surface area (Å²) in [5.41, 5.74) is 0. The van der Waals surface area contributed by atoms with Gasteiger partial charge in [0.1, 0.15) is 0 Å². The van der Waals surface area contributed by atoms with E-state index in [0.29, 0.717) is 6.04 Å². The SMILES string of the molecule is CC1CCC(C#N)C(N2CCN(C3CCCC3)CC2)C1. The summed E-state index contributed by atoms with van der Waals surface area (Å²) >= 11 is 0. The Hall–Kier alpha value is -0.590. The standard InChI is InChI=1S/C17H29N3/c1-14-6-7-15(13-18)17(12-14)20-10-8-19(9-11-20)16-4-2-3-5-16/h14-17H,2-12H2,1H3. The minimum atomic E-state index is 0.282. The summed E-state index contributed by atoms with van der Waals surface area (Å²) < 4.78 is 0. The van der Waals surface area contributed by atoms with Crippen molar-refractivity contribution < 1.29 is 0 Å². The van der Waals surface area contributed by atoms with E-state index in [1.165, 1.54) is 64.7 Å². The number of nitriles is 1. The molecule has 20 heavy (non-hydrogen) atoms. The van der Waals surface area contributed by atoms with Gasteiger partial charge in [-0.3, -0.25) is 9.80 Å². The van der Waals surface area contributed by atoms with Crippen molar-refractivity contribution in [2.24, 2.45) is 11.8 Å². The molecular weight excluding hydrogens is 246 g/mol. The lowest BCUT2D eigenvalue weighted by atomic mass is 9.79. The molecule has 1 saturated heterocycles. The predicted molar refractivity (Wildman–Crippen MR) is 81.3 cm³/mol. The van der Waals surface area contributed by atoms with Crippen molar-refractivity contribution in [1.29, 1.82) is 5.26 Å². The van der Waals surface area contributed by atoms with E-state index in [9.17, 15) is 5.26 Å². The lowest BCUT2D eigenvalue weighted by molar-refractivity contribution is 0.0364. The molecule has 2 saturated carbocycles. The molecule has 112 valence electrons. The van der Waals surface area contributed by atoms with Gasteiger partial charge in [-0.25, -0.2) is 0 Å². The maximum absolute atomic E-state index is 9.42. The quantitative estimate of drug-likeness (QED) is 0.776. The molecule has 3 aliphatic rings. The van der Waals surface area contributed by atoms with Crippen LogP contribution in [0, 0.1) is 23.2 Å². The molecular formula is C17H29N3. The molecule has 3 unspecified atom stereocenters. The van der Waals surface area contributed by atoms with E-state index in [1.807, 2.05) is 0 Å². The van der Waals surface area contributed by atoms with E-state index < -0.39 is 0 Å². The van der Waals surface area contributed by atoms with Crippen LogP contribution < -0.4 is 0 Å². The molecule has 0 amide bonds. The van der Waals surface area contributed by atoms with Crippen LogP contribution in [0.4, 0.5) is 0 Å². The van der Waals surface area contributed by atoms with Crippen molar-refractivity contribution >= 4 is 0 Å². The zero-order chi connectivity index (χ0) is 13.9. The first-order chi connectivity index (χ1) is 9.78. The van der Waals surface area contributed by atoms with Crippen LogP contribution in [0.2, 0.25) is 0 Å². The zero-order valence-corrected chi connectivity index (χ0v) is 12.9. The summed E-state index contributed by atoms with van der Waals surface area (Å²) in [5, 5.41) is 9.42. The fourth-order valence-electron chi connectivity index (χ4n) is 4.61. The van der Waals surface area contributed by atoms with E-state index >= 15 is 0 Å². The summed E-state index contributed by atoms with van der Waals surface area (Å²) in [6, 6.07) is 3.99. The molecule has 3 heteroatoms. The number of nitrogens with zero attached hydrogens (tertiary/aromatic N) is 3. The first-order valence-corrected chi connectivity index (χ1v) is 8.65. The summed E-state index contributed by atoms with van der Waals surface area (Å²) in [6.07, 6.45) is 9.30. The highest BCUT2D eigenvalue weighted by Crippen LogP contribution is 2.33. The average Bonchev–Trinajstić information content (AvgIpc) is 3.02. The average molecular weight is 275 g/mol. The normalized spacial score (nSPS) is 37.9. The predicted octanol–water partition coefficient (Wildman–Crippen LogP) is 2.87. The molecule has 3 nitrogen and oxygen atoms in total. The van der Waals surface area contributed by atoms with Gasteiger partial charge < -0.3 is 0 Å². The molecule has 0 radical (unpaired) electrons. The maximum atomic E-state index is 9.42. The Morgan fingerprint density at radius 3 is 2.20 bits per heavy atom. The largest absolute Gasteiger partial charge is 0.298 e. The fourth-order valence-corrected chi connectivity index (χ4v) is 4.61. The molecule has 2 aliphatic carbocycles. The van der Waals surface area contributed by atoms with Crippen molar-refractivity contribution in [3.63, 3.8) is 0 Å².